The van der Waals surface area contributed by atoms with Crippen molar-refractivity contribution in [2.24, 2.45) is 0 Å². The van der Waals surface area contributed by atoms with Gasteiger partial charge in [0.2, 0.25) is 5.88 Å². The number of piperazine rings is 1. The fourth-order valence-corrected chi connectivity index (χ4v) is 3.95. The lowest BCUT2D eigenvalue weighted by atomic mass is 10.1. The zero-order chi connectivity index (χ0) is 20.7. The molecule has 1 saturated heterocycles. The highest BCUT2D eigenvalue weighted by molar-refractivity contribution is 6.02. The Bertz CT molecular complexity index is 1220. The number of aromatic nitrogens is 4. The van der Waals surface area contributed by atoms with Gasteiger partial charge in [-0.2, -0.15) is 10.1 Å². The smallest absolute Gasteiger partial charge is 0.257 e. The lowest BCUT2D eigenvalue weighted by molar-refractivity contribution is 0.0666. The van der Waals surface area contributed by atoms with Crippen LogP contribution in [0.2, 0.25) is 0 Å². The van der Waals surface area contributed by atoms with Crippen molar-refractivity contribution in [3.8, 4) is 17.0 Å². The number of carbonyl (C=O) groups is 1. The van der Waals surface area contributed by atoms with Crippen molar-refractivity contribution in [2.45, 2.75) is 6.92 Å². The van der Waals surface area contributed by atoms with Gasteiger partial charge in [-0.1, -0.05) is 0 Å². The molecule has 154 valence electrons. The highest BCUT2D eigenvalue weighted by Crippen LogP contribution is 2.30. The monoisotopic (exact) mass is 404 g/mol. The first-order chi connectivity index (χ1) is 14.6. The largest absolute Gasteiger partial charge is 0.478 e. The number of ether oxygens (including phenoxy) is 1. The molecule has 0 aromatic carbocycles. The average molecular weight is 404 g/mol. The van der Waals surface area contributed by atoms with E-state index >= 15 is 0 Å². The number of H-pyrrole nitrogens is 1. The Morgan fingerprint density at radius 3 is 2.83 bits per heavy atom. The average Bonchev–Trinajstić information content (AvgIpc) is 3.37. The minimum Gasteiger partial charge on any atom is -0.478 e. The molecule has 0 aliphatic carbocycles. The van der Waals surface area contributed by atoms with Gasteiger partial charge < -0.3 is 19.5 Å². The quantitative estimate of drug-likeness (QED) is 0.566. The summed E-state index contributed by atoms with van der Waals surface area (Å²) in [6.45, 7) is 5.78. The molecule has 0 unspecified atom stereocenters. The van der Waals surface area contributed by atoms with E-state index in [9.17, 15) is 4.79 Å². The van der Waals surface area contributed by atoms with E-state index in [1.165, 1.54) is 0 Å². The normalized spacial score (nSPS) is 15.2. The van der Waals surface area contributed by atoms with Crippen LogP contribution in [0.1, 0.15) is 17.3 Å². The molecule has 1 aliphatic rings. The molecular weight excluding hydrogens is 380 g/mol. The molecule has 5 rings (SSSR count). The van der Waals surface area contributed by atoms with Gasteiger partial charge in [-0.15, -0.1) is 0 Å². The molecule has 4 aromatic rings. The second-order valence-electron chi connectivity index (χ2n) is 7.58. The number of rotatable bonds is 4. The van der Waals surface area contributed by atoms with Gasteiger partial charge in [-0.3, -0.25) is 4.79 Å². The highest BCUT2D eigenvalue weighted by atomic mass is 16.5. The van der Waals surface area contributed by atoms with Gasteiger partial charge in [0.05, 0.1) is 23.9 Å². The number of pyridine rings is 2. The van der Waals surface area contributed by atoms with Crippen LogP contribution >= 0.6 is 0 Å². The first-order valence-electron chi connectivity index (χ1n) is 10.2. The molecule has 8 heteroatoms. The van der Waals surface area contributed by atoms with Crippen molar-refractivity contribution in [1.82, 2.24) is 29.4 Å². The molecule has 5 heterocycles. The van der Waals surface area contributed by atoms with E-state index in [-0.39, 0.29) is 5.91 Å². The maximum Gasteiger partial charge on any atom is 0.257 e. The lowest BCUT2D eigenvalue weighted by Gasteiger charge is -2.32. The minimum atomic E-state index is 0.0391. The van der Waals surface area contributed by atoms with Crippen molar-refractivity contribution in [3.63, 3.8) is 0 Å². The summed E-state index contributed by atoms with van der Waals surface area (Å²) in [6, 6.07) is 7.91. The van der Waals surface area contributed by atoms with E-state index in [2.05, 4.69) is 27.0 Å². The Hall–Kier alpha value is -3.39. The molecule has 1 N–H and O–H groups in total. The summed E-state index contributed by atoms with van der Waals surface area (Å²) in [5, 5.41) is 5.40. The highest BCUT2D eigenvalue weighted by Gasteiger charge is 2.23. The molecule has 0 bridgehead atoms. The Morgan fingerprint density at radius 1 is 1.20 bits per heavy atom. The zero-order valence-corrected chi connectivity index (χ0v) is 17.1. The van der Waals surface area contributed by atoms with Gasteiger partial charge in [0, 0.05) is 55.6 Å². The topological polar surface area (TPSA) is 78.8 Å². The summed E-state index contributed by atoms with van der Waals surface area (Å²) < 4.78 is 7.25. The number of carbonyl (C=O) groups excluding carboxylic acids is 1. The standard InChI is InChI=1S/C22H24N6O2/c1-3-30-20-5-4-16-17(13-23-21(16)25-20)15-6-7-28-19(12-15)18(14-24-28)22(29)27-10-8-26(2)9-11-27/h4-7,12-14H,3,8-11H2,1-2H3,(H,23,25). The third-order valence-electron chi connectivity index (χ3n) is 5.66. The predicted molar refractivity (Wildman–Crippen MR) is 115 cm³/mol. The van der Waals surface area contributed by atoms with Crippen molar-refractivity contribution >= 4 is 22.5 Å². The summed E-state index contributed by atoms with van der Waals surface area (Å²) in [5.41, 5.74) is 4.26. The number of amides is 1. The lowest BCUT2D eigenvalue weighted by Crippen LogP contribution is -2.47. The summed E-state index contributed by atoms with van der Waals surface area (Å²) >= 11 is 0. The molecule has 0 spiro atoms. The molecular formula is C22H24N6O2. The SMILES string of the molecule is CCOc1ccc2c(-c3ccn4ncc(C(=O)N5CCN(C)CC5)c4c3)c[nH]c2n1. The van der Waals surface area contributed by atoms with Crippen LogP contribution in [0, 0.1) is 0 Å². The molecule has 0 radical (unpaired) electrons. The summed E-state index contributed by atoms with van der Waals surface area (Å²) in [7, 11) is 2.08. The molecule has 0 atom stereocenters. The van der Waals surface area contributed by atoms with E-state index in [4.69, 9.17) is 4.74 Å². The van der Waals surface area contributed by atoms with Crippen molar-refractivity contribution in [1.29, 1.82) is 0 Å². The molecule has 4 aromatic heterocycles. The van der Waals surface area contributed by atoms with Crippen LogP contribution in [0.5, 0.6) is 5.88 Å². The van der Waals surface area contributed by atoms with E-state index in [1.807, 2.05) is 48.5 Å². The summed E-state index contributed by atoms with van der Waals surface area (Å²) in [5.74, 6) is 0.641. The number of nitrogens with zero attached hydrogens (tertiary/aromatic N) is 5. The van der Waals surface area contributed by atoms with E-state index < -0.39 is 0 Å². The summed E-state index contributed by atoms with van der Waals surface area (Å²) in [6.07, 6.45) is 5.51. The van der Waals surface area contributed by atoms with Crippen LogP contribution in [0.3, 0.4) is 0 Å². The maximum atomic E-state index is 13.1. The van der Waals surface area contributed by atoms with Crippen molar-refractivity contribution in [3.05, 3.63) is 48.4 Å². The number of likely N-dealkylation sites (N-methyl/N-ethyl adjacent to an activating group) is 1. The Labute approximate surface area is 174 Å². The van der Waals surface area contributed by atoms with E-state index in [0.717, 1.165) is 53.9 Å². The van der Waals surface area contributed by atoms with Gasteiger partial charge in [-0.05, 0) is 37.7 Å². The van der Waals surface area contributed by atoms with Crippen LogP contribution in [0.4, 0.5) is 0 Å². The van der Waals surface area contributed by atoms with Crippen LogP contribution in [0.15, 0.2) is 42.9 Å². The van der Waals surface area contributed by atoms with Crippen LogP contribution < -0.4 is 4.74 Å². The van der Waals surface area contributed by atoms with Crippen molar-refractivity contribution in [2.75, 3.05) is 39.8 Å². The molecule has 0 saturated carbocycles. The first-order valence-corrected chi connectivity index (χ1v) is 10.2. The number of aromatic amines is 1. The third-order valence-corrected chi connectivity index (χ3v) is 5.66. The first kappa shape index (κ1) is 18.6. The number of nitrogens with one attached hydrogen (secondary N) is 1. The van der Waals surface area contributed by atoms with Crippen LogP contribution in [-0.4, -0.2) is 75.1 Å². The summed E-state index contributed by atoms with van der Waals surface area (Å²) in [4.78, 5) is 25.0. The predicted octanol–water partition coefficient (Wildman–Crippen LogP) is 2.66. The van der Waals surface area contributed by atoms with E-state index in [1.54, 1.807) is 10.7 Å². The molecule has 1 aliphatic heterocycles. The second-order valence-corrected chi connectivity index (χ2v) is 7.58. The van der Waals surface area contributed by atoms with Crippen molar-refractivity contribution < 1.29 is 9.53 Å². The van der Waals surface area contributed by atoms with Gasteiger partial charge in [0.25, 0.3) is 5.91 Å². The van der Waals surface area contributed by atoms with Crippen LogP contribution in [0.25, 0.3) is 27.7 Å². The Balaban J connectivity index is 1.51. The van der Waals surface area contributed by atoms with Gasteiger partial charge in [0.15, 0.2) is 0 Å². The minimum absolute atomic E-state index is 0.0391. The molecule has 8 nitrogen and oxygen atoms in total. The maximum absolute atomic E-state index is 13.1. The van der Waals surface area contributed by atoms with Crippen LogP contribution in [-0.2, 0) is 0 Å². The second kappa shape index (κ2) is 7.46. The third kappa shape index (κ3) is 3.19. The molecule has 30 heavy (non-hydrogen) atoms. The number of hydrogen-bond acceptors (Lipinski definition) is 5. The fraction of sp³-hybridized carbons (Fsp3) is 0.318. The van der Waals surface area contributed by atoms with Gasteiger partial charge in [0.1, 0.15) is 5.65 Å². The Morgan fingerprint density at radius 2 is 2.03 bits per heavy atom. The zero-order valence-electron chi connectivity index (χ0n) is 17.1. The number of hydrogen-bond donors (Lipinski definition) is 1. The van der Waals surface area contributed by atoms with Gasteiger partial charge >= 0.3 is 0 Å². The number of fused-ring (bicyclic) bond motifs is 2. The fourth-order valence-electron chi connectivity index (χ4n) is 3.95. The van der Waals surface area contributed by atoms with E-state index in [0.29, 0.717) is 18.1 Å². The van der Waals surface area contributed by atoms with Gasteiger partial charge in [-0.25, -0.2) is 4.52 Å². The molecule has 1 fully saturated rings. The Kier molecular flexibility index (Phi) is 4.63. The molecule has 1 amide bonds.